The molecule has 1 heterocycles. The first-order valence-electron chi connectivity index (χ1n) is 6.07. The average molecular weight is 266 g/mol. The maximum absolute atomic E-state index is 11.9. The molecule has 0 aromatic heterocycles. The highest BCUT2D eigenvalue weighted by molar-refractivity contribution is 8.00. The van der Waals surface area contributed by atoms with E-state index in [0.29, 0.717) is 38.6 Å². The van der Waals surface area contributed by atoms with Gasteiger partial charge in [0, 0.05) is 24.5 Å². The smallest absolute Gasteiger partial charge is 0.233 e. The lowest BCUT2D eigenvalue weighted by atomic mass is 10.2. The number of benzene rings is 1. The number of hydrogen-bond donors (Lipinski definition) is 1. The lowest BCUT2D eigenvalue weighted by Gasteiger charge is -2.26. The third-order valence-electron chi connectivity index (χ3n) is 2.89. The van der Waals surface area contributed by atoms with Crippen molar-refractivity contribution in [1.82, 2.24) is 4.90 Å². The van der Waals surface area contributed by atoms with Gasteiger partial charge in [-0.05, 0) is 17.7 Å². The summed E-state index contributed by atoms with van der Waals surface area (Å²) in [5.74, 6) is 0.674. The van der Waals surface area contributed by atoms with Gasteiger partial charge in [0.2, 0.25) is 5.91 Å². The molecule has 2 rings (SSSR count). The van der Waals surface area contributed by atoms with E-state index in [0.717, 1.165) is 10.5 Å². The number of rotatable bonds is 4. The van der Waals surface area contributed by atoms with Gasteiger partial charge >= 0.3 is 0 Å². The molecule has 1 aliphatic heterocycles. The predicted molar refractivity (Wildman–Crippen MR) is 72.5 cm³/mol. The molecular formula is C13H18N2O2S. The first kappa shape index (κ1) is 13.4. The van der Waals surface area contributed by atoms with Crippen LogP contribution in [0.15, 0.2) is 29.2 Å². The van der Waals surface area contributed by atoms with E-state index in [1.165, 1.54) is 0 Å². The Labute approximate surface area is 111 Å². The Hall–Kier alpha value is -1.04. The SMILES string of the molecule is NCc1ccc(SCC(=O)N2CCOCC2)cc1. The van der Waals surface area contributed by atoms with E-state index in [1.54, 1.807) is 11.8 Å². The highest BCUT2D eigenvalue weighted by Crippen LogP contribution is 2.19. The van der Waals surface area contributed by atoms with Gasteiger partial charge in [0.25, 0.3) is 0 Å². The molecule has 0 spiro atoms. The second-order valence-electron chi connectivity index (χ2n) is 4.13. The molecule has 98 valence electrons. The molecule has 1 aromatic carbocycles. The number of hydrogen-bond acceptors (Lipinski definition) is 4. The van der Waals surface area contributed by atoms with E-state index in [-0.39, 0.29) is 5.91 Å². The average Bonchev–Trinajstić information content (AvgIpc) is 2.46. The van der Waals surface area contributed by atoms with E-state index >= 15 is 0 Å². The normalized spacial score (nSPS) is 15.7. The van der Waals surface area contributed by atoms with E-state index in [1.807, 2.05) is 29.2 Å². The maximum Gasteiger partial charge on any atom is 0.233 e. The Morgan fingerprint density at radius 3 is 2.56 bits per heavy atom. The number of morpholine rings is 1. The zero-order valence-corrected chi connectivity index (χ0v) is 11.1. The fourth-order valence-corrected chi connectivity index (χ4v) is 2.57. The topological polar surface area (TPSA) is 55.6 Å². The van der Waals surface area contributed by atoms with Gasteiger partial charge in [0.05, 0.1) is 19.0 Å². The standard InChI is InChI=1S/C13H18N2O2S/c14-9-11-1-3-12(4-2-11)18-10-13(16)15-5-7-17-8-6-15/h1-4H,5-10,14H2. The Bertz CT molecular complexity index is 388. The molecule has 0 aliphatic carbocycles. The number of carbonyl (C=O) groups is 1. The van der Waals surface area contributed by atoms with Gasteiger partial charge in [-0.1, -0.05) is 12.1 Å². The van der Waals surface area contributed by atoms with Crippen LogP contribution in [0.2, 0.25) is 0 Å². The summed E-state index contributed by atoms with van der Waals surface area (Å²) in [6.45, 7) is 3.29. The van der Waals surface area contributed by atoms with Gasteiger partial charge in [-0.2, -0.15) is 0 Å². The van der Waals surface area contributed by atoms with Crippen LogP contribution in [-0.2, 0) is 16.1 Å². The lowest BCUT2D eigenvalue weighted by molar-refractivity contribution is -0.132. The number of amides is 1. The van der Waals surface area contributed by atoms with Crippen molar-refractivity contribution in [3.05, 3.63) is 29.8 Å². The van der Waals surface area contributed by atoms with Crippen molar-refractivity contribution in [2.24, 2.45) is 5.73 Å². The number of ether oxygens (including phenoxy) is 1. The molecular weight excluding hydrogens is 248 g/mol. The van der Waals surface area contributed by atoms with Crippen LogP contribution in [0.1, 0.15) is 5.56 Å². The van der Waals surface area contributed by atoms with Crippen molar-refractivity contribution >= 4 is 17.7 Å². The second kappa shape index (κ2) is 6.78. The Balaban J connectivity index is 1.80. The molecule has 0 unspecified atom stereocenters. The largest absolute Gasteiger partial charge is 0.378 e. The molecule has 1 fully saturated rings. The summed E-state index contributed by atoms with van der Waals surface area (Å²) >= 11 is 1.57. The fraction of sp³-hybridized carbons (Fsp3) is 0.462. The first-order valence-corrected chi connectivity index (χ1v) is 7.05. The molecule has 2 N–H and O–H groups in total. The monoisotopic (exact) mass is 266 g/mol. The van der Waals surface area contributed by atoms with E-state index in [9.17, 15) is 4.79 Å². The van der Waals surface area contributed by atoms with Crippen molar-refractivity contribution in [2.75, 3.05) is 32.1 Å². The van der Waals surface area contributed by atoms with Gasteiger partial charge in [-0.15, -0.1) is 11.8 Å². The third kappa shape index (κ3) is 3.73. The number of thioether (sulfide) groups is 1. The summed E-state index contributed by atoms with van der Waals surface area (Å²) in [5.41, 5.74) is 6.65. The molecule has 1 aliphatic rings. The number of nitrogens with two attached hydrogens (primary N) is 1. The molecule has 18 heavy (non-hydrogen) atoms. The van der Waals surface area contributed by atoms with Crippen LogP contribution in [0.25, 0.3) is 0 Å². The lowest BCUT2D eigenvalue weighted by Crippen LogP contribution is -2.41. The zero-order valence-electron chi connectivity index (χ0n) is 10.3. The summed E-state index contributed by atoms with van der Waals surface area (Å²) in [5, 5.41) is 0. The highest BCUT2D eigenvalue weighted by Gasteiger charge is 2.16. The fourth-order valence-electron chi connectivity index (χ4n) is 1.77. The molecule has 0 radical (unpaired) electrons. The van der Waals surface area contributed by atoms with Crippen LogP contribution < -0.4 is 5.73 Å². The Morgan fingerprint density at radius 2 is 1.94 bits per heavy atom. The third-order valence-corrected chi connectivity index (χ3v) is 3.88. The van der Waals surface area contributed by atoms with Crippen LogP contribution in [0.5, 0.6) is 0 Å². The second-order valence-corrected chi connectivity index (χ2v) is 5.18. The van der Waals surface area contributed by atoms with Gasteiger partial charge in [-0.3, -0.25) is 4.79 Å². The van der Waals surface area contributed by atoms with Crippen molar-refractivity contribution in [1.29, 1.82) is 0 Å². The summed E-state index contributed by atoms with van der Waals surface area (Å²) in [6.07, 6.45) is 0. The van der Waals surface area contributed by atoms with E-state index in [4.69, 9.17) is 10.5 Å². The summed E-state index contributed by atoms with van der Waals surface area (Å²) in [4.78, 5) is 14.9. The molecule has 1 saturated heterocycles. The molecule has 5 heteroatoms. The highest BCUT2D eigenvalue weighted by atomic mass is 32.2. The van der Waals surface area contributed by atoms with Crippen molar-refractivity contribution in [2.45, 2.75) is 11.4 Å². The molecule has 0 atom stereocenters. The van der Waals surface area contributed by atoms with Gasteiger partial charge in [-0.25, -0.2) is 0 Å². The van der Waals surface area contributed by atoms with Gasteiger partial charge in [0.1, 0.15) is 0 Å². The Morgan fingerprint density at radius 1 is 1.28 bits per heavy atom. The molecule has 0 bridgehead atoms. The molecule has 1 amide bonds. The minimum Gasteiger partial charge on any atom is -0.378 e. The minimum absolute atomic E-state index is 0.186. The maximum atomic E-state index is 11.9. The van der Waals surface area contributed by atoms with Crippen molar-refractivity contribution < 1.29 is 9.53 Å². The van der Waals surface area contributed by atoms with Crippen LogP contribution >= 0.6 is 11.8 Å². The minimum atomic E-state index is 0.186. The van der Waals surface area contributed by atoms with Crippen molar-refractivity contribution in [3.8, 4) is 0 Å². The predicted octanol–water partition coefficient (Wildman–Crippen LogP) is 1.10. The number of nitrogens with zero attached hydrogens (tertiary/aromatic N) is 1. The summed E-state index contributed by atoms with van der Waals surface area (Å²) in [6, 6.07) is 8.03. The van der Waals surface area contributed by atoms with E-state index in [2.05, 4.69) is 0 Å². The first-order chi connectivity index (χ1) is 8.79. The zero-order chi connectivity index (χ0) is 12.8. The molecule has 0 saturated carbocycles. The van der Waals surface area contributed by atoms with E-state index < -0.39 is 0 Å². The van der Waals surface area contributed by atoms with Crippen LogP contribution in [0.4, 0.5) is 0 Å². The molecule has 1 aromatic rings. The van der Waals surface area contributed by atoms with Crippen LogP contribution in [0, 0.1) is 0 Å². The van der Waals surface area contributed by atoms with Gasteiger partial charge < -0.3 is 15.4 Å². The number of carbonyl (C=O) groups excluding carboxylic acids is 1. The summed E-state index contributed by atoms with van der Waals surface area (Å²) in [7, 11) is 0. The van der Waals surface area contributed by atoms with Crippen molar-refractivity contribution in [3.63, 3.8) is 0 Å². The Kier molecular flexibility index (Phi) is 5.04. The van der Waals surface area contributed by atoms with Crippen LogP contribution in [-0.4, -0.2) is 42.9 Å². The van der Waals surface area contributed by atoms with Crippen LogP contribution in [0.3, 0.4) is 0 Å². The molecule has 4 nitrogen and oxygen atoms in total. The quantitative estimate of drug-likeness (QED) is 0.829. The van der Waals surface area contributed by atoms with Gasteiger partial charge in [0.15, 0.2) is 0 Å². The summed E-state index contributed by atoms with van der Waals surface area (Å²) < 4.78 is 5.23.